The van der Waals surface area contributed by atoms with Crippen LogP contribution in [0, 0.1) is 11.3 Å². The molecule has 1 aliphatic rings. The topological polar surface area (TPSA) is 27.0 Å². The first kappa shape index (κ1) is 11.2. The molecule has 3 heteroatoms. The van der Waals surface area contributed by atoms with Gasteiger partial charge in [-0.05, 0) is 31.5 Å². The van der Waals surface area contributed by atoms with Gasteiger partial charge in [0.1, 0.15) is 0 Å². The highest BCUT2D eigenvalue weighted by molar-refractivity contribution is 9.10. The Morgan fingerprint density at radius 2 is 2.19 bits per heavy atom. The quantitative estimate of drug-likeness (QED) is 0.735. The summed E-state index contributed by atoms with van der Waals surface area (Å²) >= 11 is 3.44. The molecule has 1 heterocycles. The highest BCUT2D eigenvalue weighted by Gasteiger charge is 2.11. The zero-order valence-corrected chi connectivity index (χ0v) is 10.8. The number of hydrogen-bond donors (Lipinski definition) is 0. The summed E-state index contributed by atoms with van der Waals surface area (Å²) in [6.07, 6.45) is 3.36. The minimum absolute atomic E-state index is 0.705. The molecule has 0 aliphatic carbocycles. The van der Waals surface area contributed by atoms with Crippen LogP contribution in [0.15, 0.2) is 34.3 Å². The molecule has 16 heavy (non-hydrogen) atoms. The molecule has 0 fully saturated rings. The first-order valence-electron chi connectivity index (χ1n) is 5.30. The molecule has 1 aromatic rings. The number of rotatable bonds is 1. The average Bonchev–Trinajstić information content (AvgIpc) is 2.28. The number of halogens is 1. The summed E-state index contributed by atoms with van der Waals surface area (Å²) in [5.41, 5.74) is 3.22. The zero-order chi connectivity index (χ0) is 11.5. The van der Waals surface area contributed by atoms with Crippen LogP contribution in [0.4, 0.5) is 5.69 Å². The van der Waals surface area contributed by atoms with Crippen LogP contribution in [-0.2, 0) is 0 Å². The average molecular weight is 277 g/mol. The van der Waals surface area contributed by atoms with Crippen molar-refractivity contribution in [2.24, 2.45) is 0 Å². The second kappa shape index (κ2) is 4.71. The van der Waals surface area contributed by atoms with Crippen LogP contribution in [0.25, 0.3) is 0 Å². The van der Waals surface area contributed by atoms with Gasteiger partial charge in [-0.2, -0.15) is 5.26 Å². The van der Waals surface area contributed by atoms with Crippen molar-refractivity contribution in [2.75, 3.05) is 18.0 Å². The van der Waals surface area contributed by atoms with Gasteiger partial charge < -0.3 is 4.90 Å². The van der Waals surface area contributed by atoms with Gasteiger partial charge >= 0.3 is 0 Å². The van der Waals surface area contributed by atoms with E-state index < -0.39 is 0 Å². The van der Waals surface area contributed by atoms with Gasteiger partial charge in [0.15, 0.2) is 0 Å². The van der Waals surface area contributed by atoms with Crippen LogP contribution in [0.5, 0.6) is 0 Å². The Morgan fingerprint density at radius 3 is 2.88 bits per heavy atom. The lowest BCUT2D eigenvalue weighted by molar-refractivity contribution is 0.791. The maximum Gasteiger partial charge on any atom is 0.0992 e. The van der Waals surface area contributed by atoms with Crippen molar-refractivity contribution < 1.29 is 0 Å². The molecule has 0 saturated carbocycles. The highest BCUT2D eigenvalue weighted by atomic mass is 79.9. The molecule has 2 nitrogen and oxygen atoms in total. The van der Waals surface area contributed by atoms with E-state index in [4.69, 9.17) is 5.26 Å². The lowest BCUT2D eigenvalue weighted by atomic mass is 10.1. The molecule has 0 aromatic heterocycles. The van der Waals surface area contributed by atoms with Crippen molar-refractivity contribution in [3.05, 3.63) is 39.9 Å². The van der Waals surface area contributed by atoms with Crippen LogP contribution in [0.3, 0.4) is 0 Å². The van der Waals surface area contributed by atoms with E-state index >= 15 is 0 Å². The zero-order valence-electron chi connectivity index (χ0n) is 9.20. The maximum atomic E-state index is 8.94. The van der Waals surface area contributed by atoms with E-state index in [1.807, 2.05) is 12.1 Å². The van der Waals surface area contributed by atoms with Gasteiger partial charge in [0, 0.05) is 23.2 Å². The Kier molecular flexibility index (Phi) is 3.31. The summed E-state index contributed by atoms with van der Waals surface area (Å²) in [5.74, 6) is 0. The summed E-state index contributed by atoms with van der Waals surface area (Å²) in [5, 5.41) is 8.94. The Bertz CT molecular complexity index is 471. The predicted octanol–water partition coefficient (Wildman–Crippen LogP) is 3.48. The van der Waals surface area contributed by atoms with Crippen LogP contribution >= 0.6 is 15.9 Å². The summed E-state index contributed by atoms with van der Waals surface area (Å²) in [4.78, 5) is 2.31. The SMILES string of the molecule is CC1=CCCN(c2cc(Br)cc(C#N)c2)C1. The molecule has 0 N–H and O–H groups in total. The predicted molar refractivity (Wildman–Crippen MR) is 69.4 cm³/mol. The molecular formula is C13H13BrN2. The van der Waals surface area contributed by atoms with Crippen LogP contribution in [-0.4, -0.2) is 13.1 Å². The van der Waals surface area contributed by atoms with Crippen molar-refractivity contribution in [3.63, 3.8) is 0 Å². The third-order valence-electron chi connectivity index (χ3n) is 2.71. The lowest BCUT2D eigenvalue weighted by Crippen LogP contribution is -2.29. The van der Waals surface area contributed by atoms with E-state index in [0.717, 1.165) is 29.7 Å². The number of benzene rings is 1. The lowest BCUT2D eigenvalue weighted by Gasteiger charge is -2.28. The summed E-state index contributed by atoms with van der Waals surface area (Å²) in [7, 11) is 0. The molecule has 0 amide bonds. The maximum absolute atomic E-state index is 8.94. The Balaban J connectivity index is 2.30. The Morgan fingerprint density at radius 1 is 1.38 bits per heavy atom. The van der Waals surface area contributed by atoms with Crippen molar-refractivity contribution in [3.8, 4) is 6.07 Å². The van der Waals surface area contributed by atoms with Gasteiger partial charge in [-0.3, -0.25) is 0 Å². The molecule has 1 aliphatic heterocycles. The molecule has 0 atom stereocenters. The van der Waals surface area contributed by atoms with Gasteiger partial charge in [0.2, 0.25) is 0 Å². The summed E-state index contributed by atoms with van der Waals surface area (Å²) in [6, 6.07) is 8.05. The Labute approximate surface area is 104 Å². The van der Waals surface area contributed by atoms with Crippen molar-refractivity contribution >= 4 is 21.6 Å². The minimum atomic E-state index is 0.705. The first-order valence-corrected chi connectivity index (χ1v) is 6.09. The van der Waals surface area contributed by atoms with E-state index in [-0.39, 0.29) is 0 Å². The second-order valence-corrected chi connectivity index (χ2v) is 4.99. The smallest absolute Gasteiger partial charge is 0.0992 e. The normalized spacial score (nSPS) is 15.6. The molecule has 2 rings (SSSR count). The largest absolute Gasteiger partial charge is 0.367 e. The van der Waals surface area contributed by atoms with E-state index in [0.29, 0.717) is 5.56 Å². The van der Waals surface area contributed by atoms with Gasteiger partial charge in [0.05, 0.1) is 11.6 Å². The molecule has 0 unspecified atom stereocenters. The first-order chi connectivity index (χ1) is 7.69. The molecule has 0 spiro atoms. The van der Waals surface area contributed by atoms with Crippen molar-refractivity contribution in [2.45, 2.75) is 13.3 Å². The molecule has 82 valence electrons. The van der Waals surface area contributed by atoms with Crippen molar-refractivity contribution in [1.82, 2.24) is 0 Å². The summed E-state index contributed by atoms with van der Waals surface area (Å²) < 4.78 is 0.966. The van der Waals surface area contributed by atoms with Gasteiger partial charge in [-0.1, -0.05) is 27.6 Å². The molecule has 0 bridgehead atoms. The fourth-order valence-electron chi connectivity index (χ4n) is 1.95. The molecule has 0 radical (unpaired) electrons. The highest BCUT2D eigenvalue weighted by Crippen LogP contribution is 2.25. The van der Waals surface area contributed by atoms with Gasteiger partial charge in [-0.25, -0.2) is 0 Å². The number of hydrogen-bond acceptors (Lipinski definition) is 2. The fourth-order valence-corrected chi connectivity index (χ4v) is 2.43. The minimum Gasteiger partial charge on any atom is -0.367 e. The van der Waals surface area contributed by atoms with Gasteiger partial charge in [0.25, 0.3) is 0 Å². The number of nitrogens with zero attached hydrogens (tertiary/aromatic N) is 2. The van der Waals surface area contributed by atoms with Crippen LogP contribution in [0.1, 0.15) is 18.9 Å². The van der Waals surface area contributed by atoms with Crippen LogP contribution in [0.2, 0.25) is 0 Å². The van der Waals surface area contributed by atoms with E-state index in [1.54, 1.807) is 0 Å². The Hall–Kier alpha value is -1.27. The standard InChI is InChI=1S/C13H13BrN2/c1-10-3-2-4-16(9-10)13-6-11(8-15)5-12(14)7-13/h3,5-7H,2,4,9H2,1H3. The van der Waals surface area contributed by atoms with Crippen molar-refractivity contribution in [1.29, 1.82) is 5.26 Å². The monoisotopic (exact) mass is 276 g/mol. The number of anilines is 1. The third-order valence-corrected chi connectivity index (χ3v) is 3.17. The second-order valence-electron chi connectivity index (χ2n) is 4.07. The van der Waals surface area contributed by atoms with E-state index in [1.165, 1.54) is 5.57 Å². The molecule has 0 saturated heterocycles. The molecular weight excluding hydrogens is 264 g/mol. The van der Waals surface area contributed by atoms with Gasteiger partial charge in [-0.15, -0.1) is 0 Å². The van der Waals surface area contributed by atoms with E-state index in [2.05, 4.69) is 46.0 Å². The third kappa shape index (κ3) is 2.45. The molecule has 1 aromatic carbocycles. The fraction of sp³-hybridized carbons (Fsp3) is 0.308. The number of nitriles is 1. The van der Waals surface area contributed by atoms with E-state index in [9.17, 15) is 0 Å². The summed E-state index contributed by atoms with van der Waals surface area (Å²) in [6.45, 7) is 4.13. The van der Waals surface area contributed by atoms with Crippen LogP contribution < -0.4 is 4.90 Å².